The van der Waals surface area contributed by atoms with E-state index in [4.69, 9.17) is 5.11 Å². The van der Waals surface area contributed by atoms with Gasteiger partial charge in [-0.3, -0.25) is 9.89 Å². The first-order valence-corrected chi connectivity index (χ1v) is 7.29. The van der Waals surface area contributed by atoms with Crippen molar-refractivity contribution in [3.8, 4) is 11.3 Å². The van der Waals surface area contributed by atoms with E-state index in [2.05, 4.69) is 10.2 Å². The Hall–Kier alpha value is -2.98. The number of nitrogens with zero attached hydrogens (tertiary/aromatic N) is 1. The fourth-order valence-electron chi connectivity index (χ4n) is 2.21. The van der Waals surface area contributed by atoms with E-state index in [1.807, 2.05) is 48.5 Å². The number of H-pyrrole nitrogens is 1. The van der Waals surface area contributed by atoms with Gasteiger partial charge >= 0.3 is 0 Å². The van der Waals surface area contributed by atoms with Gasteiger partial charge in [0.25, 0.3) is 0 Å². The maximum absolute atomic E-state index is 12.0. The van der Waals surface area contributed by atoms with E-state index in [0.29, 0.717) is 5.56 Å². The molecule has 0 aliphatic heterocycles. The number of aliphatic hydroxyl groups is 1. The Kier molecular flexibility index (Phi) is 4.45. The highest BCUT2D eigenvalue weighted by Gasteiger charge is 2.04. The molecule has 0 atom stereocenters. The van der Waals surface area contributed by atoms with Crippen molar-refractivity contribution in [2.45, 2.75) is 6.61 Å². The summed E-state index contributed by atoms with van der Waals surface area (Å²) in [7, 11) is 0. The molecule has 0 amide bonds. The summed E-state index contributed by atoms with van der Waals surface area (Å²) in [5.74, 6) is -0.0472. The molecule has 0 unspecified atom stereocenters. The van der Waals surface area contributed by atoms with Crippen molar-refractivity contribution in [2.24, 2.45) is 0 Å². The Balaban J connectivity index is 1.74. The van der Waals surface area contributed by atoms with Gasteiger partial charge in [-0.1, -0.05) is 54.6 Å². The van der Waals surface area contributed by atoms with Gasteiger partial charge in [0.1, 0.15) is 0 Å². The number of aromatic amines is 1. The first-order valence-electron chi connectivity index (χ1n) is 7.29. The van der Waals surface area contributed by atoms with E-state index < -0.39 is 0 Å². The fourth-order valence-corrected chi connectivity index (χ4v) is 2.21. The molecule has 0 bridgehead atoms. The second-order valence-corrected chi connectivity index (χ2v) is 5.13. The monoisotopic (exact) mass is 304 g/mol. The zero-order valence-corrected chi connectivity index (χ0v) is 12.4. The average molecular weight is 304 g/mol. The minimum Gasteiger partial charge on any atom is -0.392 e. The van der Waals surface area contributed by atoms with Gasteiger partial charge in [0.05, 0.1) is 18.0 Å². The van der Waals surface area contributed by atoms with Crippen LogP contribution in [0, 0.1) is 0 Å². The van der Waals surface area contributed by atoms with E-state index >= 15 is 0 Å². The molecule has 23 heavy (non-hydrogen) atoms. The Morgan fingerprint density at radius 3 is 2.52 bits per heavy atom. The summed E-state index contributed by atoms with van der Waals surface area (Å²) in [5.41, 5.74) is 4.02. The molecule has 4 nitrogen and oxygen atoms in total. The number of aliphatic hydroxyl groups excluding tert-OH is 1. The van der Waals surface area contributed by atoms with E-state index in [0.717, 1.165) is 22.5 Å². The minimum atomic E-state index is -0.0472. The Morgan fingerprint density at radius 1 is 1.09 bits per heavy atom. The van der Waals surface area contributed by atoms with Crippen LogP contribution >= 0.6 is 0 Å². The van der Waals surface area contributed by atoms with Crippen molar-refractivity contribution in [1.29, 1.82) is 0 Å². The van der Waals surface area contributed by atoms with Crippen LogP contribution in [0.3, 0.4) is 0 Å². The molecule has 0 saturated heterocycles. The lowest BCUT2D eigenvalue weighted by Gasteiger charge is -1.98. The lowest BCUT2D eigenvalue weighted by molar-refractivity contribution is 0.104. The summed E-state index contributed by atoms with van der Waals surface area (Å²) < 4.78 is 0. The molecule has 2 aromatic carbocycles. The number of carbonyl (C=O) groups excluding carboxylic acids is 1. The van der Waals surface area contributed by atoms with Gasteiger partial charge in [-0.2, -0.15) is 5.10 Å². The number of hydrogen-bond acceptors (Lipinski definition) is 3. The first kappa shape index (κ1) is 14.9. The number of hydrogen-bond donors (Lipinski definition) is 2. The number of carbonyl (C=O) groups is 1. The molecule has 0 saturated carbocycles. The van der Waals surface area contributed by atoms with Gasteiger partial charge in [0.2, 0.25) is 0 Å². The second kappa shape index (κ2) is 6.85. The standard InChI is InChI=1S/C19H16N2O2/c22-13-14-6-8-15(9-7-14)18-12-17(20-21-18)10-11-19(23)16-4-2-1-3-5-16/h1-12,22H,13H2,(H,20,21)/b11-10+. The molecule has 0 spiro atoms. The minimum absolute atomic E-state index is 0.0242. The number of rotatable bonds is 5. The van der Waals surface area contributed by atoms with Crippen molar-refractivity contribution >= 4 is 11.9 Å². The van der Waals surface area contributed by atoms with Crippen LogP contribution in [0.15, 0.2) is 66.7 Å². The van der Waals surface area contributed by atoms with Crippen molar-refractivity contribution in [3.63, 3.8) is 0 Å². The van der Waals surface area contributed by atoms with Crippen LogP contribution in [0.4, 0.5) is 0 Å². The highest BCUT2D eigenvalue weighted by Crippen LogP contribution is 2.19. The molecule has 3 aromatic rings. The molecule has 0 aliphatic carbocycles. The quantitative estimate of drug-likeness (QED) is 0.560. The summed E-state index contributed by atoms with van der Waals surface area (Å²) in [4.78, 5) is 12.0. The van der Waals surface area contributed by atoms with Crippen molar-refractivity contribution in [1.82, 2.24) is 10.2 Å². The van der Waals surface area contributed by atoms with E-state index in [-0.39, 0.29) is 12.4 Å². The third-order valence-corrected chi connectivity index (χ3v) is 3.50. The highest BCUT2D eigenvalue weighted by atomic mass is 16.3. The zero-order chi connectivity index (χ0) is 16.1. The third-order valence-electron chi connectivity index (χ3n) is 3.50. The lowest BCUT2D eigenvalue weighted by Crippen LogP contribution is -1.92. The summed E-state index contributed by atoms with van der Waals surface area (Å²) in [6.07, 6.45) is 3.25. The number of ketones is 1. The first-order chi connectivity index (χ1) is 11.3. The smallest absolute Gasteiger partial charge is 0.185 e. The van der Waals surface area contributed by atoms with Crippen molar-refractivity contribution < 1.29 is 9.90 Å². The van der Waals surface area contributed by atoms with Crippen LogP contribution < -0.4 is 0 Å². The maximum Gasteiger partial charge on any atom is 0.185 e. The predicted octanol–water partition coefficient (Wildman–Crippen LogP) is 3.47. The highest BCUT2D eigenvalue weighted by molar-refractivity contribution is 6.06. The molecular weight excluding hydrogens is 288 g/mol. The normalized spacial score (nSPS) is 11.0. The molecule has 2 N–H and O–H groups in total. The van der Waals surface area contributed by atoms with Crippen LogP contribution in [0.1, 0.15) is 21.6 Å². The van der Waals surface area contributed by atoms with Crippen LogP contribution in [0.5, 0.6) is 0 Å². The van der Waals surface area contributed by atoms with Gasteiger partial charge in [-0.25, -0.2) is 0 Å². The number of allylic oxidation sites excluding steroid dienone is 1. The lowest BCUT2D eigenvalue weighted by atomic mass is 10.1. The van der Waals surface area contributed by atoms with Crippen LogP contribution in [-0.4, -0.2) is 21.1 Å². The van der Waals surface area contributed by atoms with E-state index in [9.17, 15) is 4.79 Å². The molecular formula is C19H16N2O2. The topological polar surface area (TPSA) is 66.0 Å². The summed E-state index contributed by atoms with van der Waals surface area (Å²) in [6, 6.07) is 18.5. The van der Waals surface area contributed by atoms with Gasteiger partial charge in [0.15, 0.2) is 5.78 Å². The van der Waals surface area contributed by atoms with Crippen LogP contribution in [0.2, 0.25) is 0 Å². The van der Waals surface area contributed by atoms with Crippen molar-refractivity contribution in [2.75, 3.05) is 0 Å². The molecule has 1 aromatic heterocycles. The van der Waals surface area contributed by atoms with Crippen LogP contribution in [0.25, 0.3) is 17.3 Å². The molecule has 0 fully saturated rings. The summed E-state index contributed by atoms with van der Waals surface area (Å²) in [6.45, 7) is 0.0242. The van der Waals surface area contributed by atoms with Crippen molar-refractivity contribution in [3.05, 3.63) is 83.6 Å². The second-order valence-electron chi connectivity index (χ2n) is 5.13. The fraction of sp³-hybridized carbons (Fsp3) is 0.0526. The Bertz CT molecular complexity index is 818. The molecule has 114 valence electrons. The molecule has 4 heteroatoms. The van der Waals surface area contributed by atoms with Gasteiger partial charge in [0, 0.05) is 11.1 Å². The number of benzene rings is 2. The average Bonchev–Trinajstić information content (AvgIpc) is 3.09. The number of nitrogens with one attached hydrogen (secondary N) is 1. The van der Waals surface area contributed by atoms with Gasteiger partial charge in [-0.05, 0) is 23.8 Å². The molecule has 0 aliphatic rings. The third kappa shape index (κ3) is 3.62. The van der Waals surface area contributed by atoms with Gasteiger partial charge in [-0.15, -0.1) is 0 Å². The molecule has 1 heterocycles. The van der Waals surface area contributed by atoms with E-state index in [1.54, 1.807) is 18.2 Å². The Labute approximate surface area is 134 Å². The summed E-state index contributed by atoms with van der Waals surface area (Å²) >= 11 is 0. The SMILES string of the molecule is O=C(/C=C/c1cc(-c2ccc(CO)cc2)n[nH]1)c1ccccc1. The summed E-state index contributed by atoms with van der Waals surface area (Å²) in [5, 5.41) is 16.2. The molecule has 3 rings (SSSR count). The van der Waals surface area contributed by atoms with E-state index in [1.165, 1.54) is 6.08 Å². The largest absolute Gasteiger partial charge is 0.392 e. The predicted molar refractivity (Wildman–Crippen MR) is 89.8 cm³/mol. The number of aromatic nitrogens is 2. The van der Waals surface area contributed by atoms with Gasteiger partial charge < -0.3 is 5.11 Å². The zero-order valence-electron chi connectivity index (χ0n) is 12.4. The Morgan fingerprint density at radius 2 is 1.83 bits per heavy atom. The van der Waals surface area contributed by atoms with Crippen LogP contribution in [-0.2, 0) is 6.61 Å². The maximum atomic E-state index is 12.0. The molecule has 0 radical (unpaired) electrons.